The van der Waals surface area contributed by atoms with Crippen molar-refractivity contribution in [1.82, 2.24) is 15.0 Å². The second-order valence-corrected chi connectivity index (χ2v) is 4.97. The van der Waals surface area contributed by atoms with Crippen LogP contribution in [0.2, 0.25) is 0 Å². The molecule has 0 aliphatic carbocycles. The summed E-state index contributed by atoms with van der Waals surface area (Å²) in [4.78, 5) is 15.6. The smallest absolute Gasteiger partial charge is 0.252 e. The third-order valence-electron chi connectivity index (χ3n) is 3.22. The van der Waals surface area contributed by atoms with E-state index in [2.05, 4.69) is 10.1 Å². The molecule has 2 heterocycles. The van der Waals surface area contributed by atoms with Gasteiger partial charge >= 0.3 is 0 Å². The zero-order valence-electron chi connectivity index (χ0n) is 11.8. The number of amides is 1. The van der Waals surface area contributed by atoms with Crippen LogP contribution in [0.3, 0.4) is 0 Å². The van der Waals surface area contributed by atoms with E-state index in [0.29, 0.717) is 19.7 Å². The van der Waals surface area contributed by atoms with Crippen molar-refractivity contribution in [3.05, 3.63) is 17.5 Å². The van der Waals surface area contributed by atoms with E-state index in [9.17, 15) is 4.79 Å². The lowest BCUT2D eigenvalue weighted by Gasteiger charge is -2.32. The van der Waals surface area contributed by atoms with E-state index in [1.165, 1.54) is 0 Å². The maximum absolute atomic E-state index is 11.9. The predicted molar refractivity (Wildman–Crippen MR) is 69.6 cm³/mol. The molecule has 1 amide bonds. The molecule has 1 unspecified atom stereocenters. The van der Waals surface area contributed by atoms with Gasteiger partial charge in [-0.15, -0.1) is 0 Å². The lowest BCUT2D eigenvalue weighted by molar-refractivity contribution is -0.147. The highest BCUT2D eigenvalue weighted by molar-refractivity contribution is 5.80. The molecule has 0 aromatic carbocycles. The fourth-order valence-corrected chi connectivity index (χ4v) is 2.10. The fourth-order valence-electron chi connectivity index (χ4n) is 2.10. The third-order valence-corrected chi connectivity index (χ3v) is 3.22. The first-order valence-electron chi connectivity index (χ1n) is 6.59. The van der Waals surface area contributed by atoms with E-state index in [0.717, 1.165) is 24.4 Å². The molecule has 1 fully saturated rings. The number of nitrogens with zero attached hydrogens (tertiary/aromatic N) is 3. The molecule has 0 N–H and O–H groups in total. The van der Waals surface area contributed by atoms with E-state index in [4.69, 9.17) is 9.26 Å². The molecule has 6 heteroatoms. The summed E-state index contributed by atoms with van der Waals surface area (Å²) >= 11 is 0. The molecule has 0 spiro atoms. The molecule has 1 aliphatic rings. The van der Waals surface area contributed by atoms with Gasteiger partial charge in [-0.25, -0.2) is 0 Å². The molecule has 19 heavy (non-hydrogen) atoms. The van der Waals surface area contributed by atoms with Crippen LogP contribution in [0.25, 0.3) is 0 Å². The predicted octanol–water partition coefficient (Wildman–Crippen LogP) is 0.526. The molecule has 1 atom stereocenters. The van der Waals surface area contributed by atoms with Crippen LogP contribution >= 0.6 is 0 Å². The number of ether oxygens (including phenoxy) is 1. The lowest BCUT2D eigenvalue weighted by atomic mass is 10.2. The normalized spacial score (nSPS) is 20.5. The number of aromatic nitrogens is 1. The molecule has 6 nitrogen and oxygen atoms in total. The largest absolute Gasteiger partial charge is 0.366 e. The monoisotopic (exact) mass is 267 g/mol. The first-order chi connectivity index (χ1) is 9.10. The second-order valence-electron chi connectivity index (χ2n) is 4.97. The van der Waals surface area contributed by atoms with Crippen molar-refractivity contribution < 1.29 is 14.1 Å². The Labute approximate surface area is 113 Å². The minimum Gasteiger partial charge on any atom is -0.366 e. The van der Waals surface area contributed by atoms with Gasteiger partial charge in [-0.1, -0.05) is 12.1 Å². The lowest BCUT2D eigenvalue weighted by Crippen LogP contribution is -2.49. The van der Waals surface area contributed by atoms with Crippen molar-refractivity contribution in [2.45, 2.75) is 26.0 Å². The Kier molecular flexibility index (Phi) is 4.55. The molecule has 0 radical (unpaired) electrons. The Morgan fingerprint density at radius 1 is 1.58 bits per heavy atom. The first-order valence-corrected chi connectivity index (χ1v) is 6.59. The van der Waals surface area contributed by atoms with Crippen molar-refractivity contribution in [1.29, 1.82) is 0 Å². The Morgan fingerprint density at radius 2 is 2.37 bits per heavy atom. The van der Waals surface area contributed by atoms with Gasteiger partial charge in [0, 0.05) is 33.3 Å². The summed E-state index contributed by atoms with van der Waals surface area (Å²) < 4.78 is 10.8. The number of likely N-dealkylation sites (N-methyl/N-ethyl adjacent to an activating group) is 1. The summed E-state index contributed by atoms with van der Waals surface area (Å²) in [6.07, 6.45) is 0.492. The van der Waals surface area contributed by atoms with Crippen molar-refractivity contribution in [2.75, 3.05) is 33.8 Å². The van der Waals surface area contributed by atoms with Gasteiger partial charge in [0.15, 0.2) is 5.76 Å². The molecule has 2 rings (SSSR count). The Balaban J connectivity index is 1.92. The Morgan fingerprint density at radius 3 is 3.00 bits per heavy atom. The van der Waals surface area contributed by atoms with E-state index in [1.54, 1.807) is 19.0 Å². The summed E-state index contributed by atoms with van der Waals surface area (Å²) in [6.45, 7) is 4.69. The summed E-state index contributed by atoms with van der Waals surface area (Å²) in [5.41, 5.74) is 0.962. The number of rotatable bonds is 4. The molecule has 1 aliphatic heterocycles. The third kappa shape index (κ3) is 3.54. The number of carbonyl (C=O) groups excluding carboxylic acids is 1. The standard InChI is InChI=1S/C13H21N3O3/c1-4-10-7-11(19-14-10)8-16-5-6-18-12(9-16)13(17)15(2)3/h7,12H,4-6,8-9H2,1-3H3. The van der Waals surface area contributed by atoms with Crippen LogP contribution in [0.15, 0.2) is 10.6 Å². The molecule has 1 saturated heterocycles. The second kappa shape index (κ2) is 6.16. The number of morpholine rings is 1. The van der Waals surface area contributed by atoms with Crippen molar-refractivity contribution in [3.8, 4) is 0 Å². The van der Waals surface area contributed by atoms with E-state index < -0.39 is 0 Å². The topological polar surface area (TPSA) is 58.8 Å². The van der Waals surface area contributed by atoms with Crippen molar-refractivity contribution in [2.24, 2.45) is 0 Å². The summed E-state index contributed by atoms with van der Waals surface area (Å²) in [6, 6.07) is 1.97. The number of carbonyl (C=O) groups is 1. The highest BCUT2D eigenvalue weighted by atomic mass is 16.5. The van der Waals surface area contributed by atoms with E-state index >= 15 is 0 Å². The Bertz CT molecular complexity index is 431. The van der Waals surface area contributed by atoms with Gasteiger partial charge in [0.1, 0.15) is 6.10 Å². The van der Waals surface area contributed by atoms with Crippen LogP contribution < -0.4 is 0 Å². The minimum absolute atomic E-state index is 0.0107. The van der Waals surface area contributed by atoms with Crippen LogP contribution in [0, 0.1) is 0 Å². The van der Waals surface area contributed by atoms with Crippen LogP contribution in [-0.2, 0) is 22.5 Å². The minimum atomic E-state index is -0.377. The van der Waals surface area contributed by atoms with Gasteiger partial charge in [-0.2, -0.15) is 0 Å². The van der Waals surface area contributed by atoms with Crippen LogP contribution in [0.1, 0.15) is 18.4 Å². The van der Waals surface area contributed by atoms with Gasteiger partial charge in [0.05, 0.1) is 18.8 Å². The SMILES string of the molecule is CCc1cc(CN2CCOC(C(=O)N(C)C)C2)on1. The van der Waals surface area contributed by atoms with Gasteiger partial charge in [-0.05, 0) is 6.42 Å². The molecule has 106 valence electrons. The van der Waals surface area contributed by atoms with Gasteiger partial charge < -0.3 is 14.2 Å². The van der Waals surface area contributed by atoms with Crippen LogP contribution in [-0.4, -0.2) is 60.8 Å². The quantitative estimate of drug-likeness (QED) is 0.796. The van der Waals surface area contributed by atoms with E-state index in [1.807, 2.05) is 13.0 Å². The average Bonchev–Trinajstić information content (AvgIpc) is 2.85. The molecule has 0 saturated carbocycles. The van der Waals surface area contributed by atoms with Crippen molar-refractivity contribution >= 4 is 5.91 Å². The van der Waals surface area contributed by atoms with Gasteiger partial charge in [-0.3, -0.25) is 9.69 Å². The maximum atomic E-state index is 11.9. The molecular weight excluding hydrogens is 246 g/mol. The molecule has 1 aromatic rings. The van der Waals surface area contributed by atoms with Gasteiger partial charge in [0.2, 0.25) is 0 Å². The number of hydrogen-bond acceptors (Lipinski definition) is 5. The number of aryl methyl sites for hydroxylation is 1. The summed E-state index contributed by atoms with van der Waals surface area (Å²) in [7, 11) is 3.49. The average molecular weight is 267 g/mol. The van der Waals surface area contributed by atoms with E-state index in [-0.39, 0.29) is 12.0 Å². The summed E-state index contributed by atoms with van der Waals surface area (Å²) in [5, 5.41) is 3.97. The van der Waals surface area contributed by atoms with Gasteiger partial charge in [0.25, 0.3) is 5.91 Å². The van der Waals surface area contributed by atoms with Crippen LogP contribution in [0.5, 0.6) is 0 Å². The highest BCUT2D eigenvalue weighted by Gasteiger charge is 2.28. The number of hydrogen-bond donors (Lipinski definition) is 0. The summed E-state index contributed by atoms with van der Waals surface area (Å²) in [5.74, 6) is 0.853. The maximum Gasteiger partial charge on any atom is 0.252 e. The highest BCUT2D eigenvalue weighted by Crippen LogP contribution is 2.13. The zero-order valence-corrected chi connectivity index (χ0v) is 11.8. The zero-order chi connectivity index (χ0) is 13.8. The molecular formula is C13H21N3O3. The molecule has 0 bridgehead atoms. The Hall–Kier alpha value is -1.40. The first kappa shape index (κ1) is 14.0. The van der Waals surface area contributed by atoms with Crippen molar-refractivity contribution in [3.63, 3.8) is 0 Å². The van der Waals surface area contributed by atoms with Crippen LogP contribution in [0.4, 0.5) is 0 Å². The molecule has 1 aromatic heterocycles. The fraction of sp³-hybridized carbons (Fsp3) is 0.692.